The second-order valence-electron chi connectivity index (χ2n) is 3.82. The van der Waals surface area contributed by atoms with Gasteiger partial charge in [-0.2, -0.15) is 0 Å². The number of aromatic amines is 1. The maximum Gasteiger partial charge on any atom is 0.272 e. The fourth-order valence-corrected chi connectivity index (χ4v) is 1.55. The number of hydrogen-bond donors (Lipinski definition) is 3. The van der Waals surface area contributed by atoms with E-state index in [0.717, 1.165) is 5.56 Å². The van der Waals surface area contributed by atoms with E-state index in [2.05, 4.69) is 10.3 Å². The standard InChI is InChI=1S/C12H12FN3O/c1-7-2-8(13)4-10(3-7)16-12(17)11-5-9(14)6-15-11/h2-6,15H,14H2,1H3,(H,16,17). The molecular weight excluding hydrogens is 221 g/mol. The zero-order valence-corrected chi connectivity index (χ0v) is 9.25. The Balaban J connectivity index is 2.18. The molecule has 0 aliphatic heterocycles. The zero-order chi connectivity index (χ0) is 12.4. The van der Waals surface area contributed by atoms with Gasteiger partial charge in [0.25, 0.3) is 5.91 Å². The molecule has 1 heterocycles. The van der Waals surface area contributed by atoms with Gasteiger partial charge in [0, 0.05) is 17.6 Å². The topological polar surface area (TPSA) is 70.9 Å². The number of nitrogens with two attached hydrogens (primary N) is 1. The predicted molar refractivity (Wildman–Crippen MR) is 64.3 cm³/mol. The predicted octanol–water partition coefficient (Wildman–Crippen LogP) is 2.30. The number of nitrogens with one attached hydrogen (secondary N) is 2. The van der Waals surface area contributed by atoms with E-state index in [-0.39, 0.29) is 11.7 Å². The minimum absolute atomic E-state index is 0.337. The molecule has 17 heavy (non-hydrogen) atoms. The number of carbonyl (C=O) groups is 1. The monoisotopic (exact) mass is 233 g/mol. The minimum Gasteiger partial charge on any atom is -0.397 e. The molecule has 0 fully saturated rings. The van der Waals surface area contributed by atoms with Gasteiger partial charge in [0.2, 0.25) is 0 Å². The number of benzene rings is 1. The van der Waals surface area contributed by atoms with Crippen molar-refractivity contribution in [3.05, 3.63) is 47.5 Å². The van der Waals surface area contributed by atoms with Crippen LogP contribution in [0.5, 0.6) is 0 Å². The van der Waals surface area contributed by atoms with Crippen molar-refractivity contribution in [2.75, 3.05) is 11.1 Å². The van der Waals surface area contributed by atoms with Crippen LogP contribution < -0.4 is 11.1 Å². The molecule has 1 aromatic carbocycles. The first kappa shape index (κ1) is 11.2. The molecule has 0 saturated carbocycles. The third-order valence-corrected chi connectivity index (χ3v) is 2.25. The van der Waals surface area contributed by atoms with E-state index >= 15 is 0 Å². The molecule has 0 radical (unpaired) electrons. The van der Waals surface area contributed by atoms with Crippen LogP contribution in [0.1, 0.15) is 16.1 Å². The van der Waals surface area contributed by atoms with Crippen molar-refractivity contribution in [2.24, 2.45) is 0 Å². The van der Waals surface area contributed by atoms with E-state index < -0.39 is 0 Å². The number of anilines is 2. The first-order valence-corrected chi connectivity index (χ1v) is 5.07. The SMILES string of the molecule is Cc1cc(F)cc(NC(=O)c2cc(N)c[nH]2)c1. The van der Waals surface area contributed by atoms with Gasteiger partial charge in [-0.3, -0.25) is 4.79 Å². The van der Waals surface area contributed by atoms with Crippen LogP contribution >= 0.6 is 0 Å². The van der Waals surface area contributed by atoms with Gasteiger partial charge in [-0.1, -0.05) is 0 Å². The fourth-order valence-electron chi connectivity index (χ4n) is 1.55. The summed E-state index contributed by atoms with van der Waals surface area (Å²) in [5.74, 6) is -0.738. The molecule has 4 N–H and O–H groups in total. The van der Waals surface area contributed by atoms with Crippen LogP contribution in [-0.4, -0.2) is 10.9 Å². The van der Waals surface area contributed by atoms with Gasteiger partial charge in [-0.15, -0.1) is 0 Å². The number of halogens is 1. The number of hydrogen-bond acceptors (Lipinski definition) is 2. The molecule has 5 heteroatoms. The second-order valence-corrected chi connectivity index (χ2v) is 3.82. The van der Waals surface area contributed by atoms with Crippen LogP contribution in [-0.2, 0) is 0 Å². The molecule has 2 aromatic rings. The summed E-state index contributed by atoms with van der Waals surface area (Å²) in [5, 5.41) is 2.59. The molecule has 0 unspecified atom stereocenters. The Bertz CT molecular complexity index is 542. The van der Waals surface area contributed by atoms with Gasteiger partial charge in [0.05, 0.1) is 0 Å². The average Bonchev–Trinajstić information content (AvgIpc) is 2.63. The molecule has 1 amide bonds. The molecular formula is C12H12FN3O. The molecule has 0 spiro atoms. The maximum atomic E-state index is 13.1. The van der Waals surface area contributed by atoms with Crippen molar-refractivity contribution >= 4 is 17.3 Å². The molecule has 0 aliphatic carbocycles. The van der Waals surface area contributed by atoms with Crippen LogP contribution in [0.2, 0.25) is 0 Å². The second kappa shape index (κ2) is 4.29. The Morgan fingerprint density at radius 2 is 2.12 bits per heavy atom. The normalized spacial score (nSPS) is 10.2. The van der Waals surface area contributed by atoms with Crippen LogP contribution in [0.25, 0.3) is 0 Å². The van der Waals surface area contributed by atoms with E-state index in [1.54, 1.807) is 13.0 Å². The number of aromatic nitrogens is 1. The number of H-pyrrole nitrogens is 1. The highest BCUT2D eigenvalue weighted by Gasteiger charge is 2.08. The van der Waals surface area contributed by atoms with Crippen molar-refractivity contribution in [1.82, 2.24) is 4.98 Å². The Labute approximate surface area is 97.6 Å². The summed E-state index contributed by atoms with van der Waals surface area (Å²) >= 11 is 0. The Hall–Kier alpha value is -2.30. The van der Waals surface area contributed by atoms with Crippen LogP contribution in [0.15, 0.2) is 30.5 Å². The third-order valence-electron chi connectivity index (χ3n) is 2.25. The largest absolute Gasteiger partial charge is 0.397 e. The van der Waals surface area contributed by atoms with Gasteiger partial charge < -0.3 is 16.0 Å². The number of carbonyl (C=O) groups excluding carboxylic acids is 1. The molecule has 0 aliphatic rings. The Morgan fingerprint density at radius 1 is 1.35 bits per heavy atom. The highest BCUT2D eigenvalue weighted by atomic mass is 19.1. The van der Waals surface area contributed by atoms with Crippen LogP contribution in [0.4, 0.5) is 15.8 Å². The zero-order valence-electron chi connectivity index (χ0n) is 9.25. The summed E-state index contributed by atoms with van der Waals surface area (Å²) in [6, 6.07) is 5.86. The Morgan fingerprint density at radius 3 is 2.71 bits per heavy atom. The molecule has 0 saturated heterocycles. The van der Waals surface area contributed by atoms with Crippen LogP contribution in [0, 0.1) is 12.7 Å². The summed E-state index contributed by atoms with van der Waals surface area (Å²) in [6.07, 6.45) is 1.52. The van der Waals surface area contributed by atoms with E-state index in [4.69, 9.17) is 5.73 Å². The lowest BCUT2D eigenvalue weighted by molar-refractivity contribution is 0.102. The number of aryl methyl sites for hydroxylation is 1. The van der Waals surface area contributed by atoms with Crippen molar-refractivity contribution in [3.63, 3.8) is 0 Å². The van der Waals surface area contributed by atoms with E-state index in [0.29, 0.717) is 17.1 Å². The molecule has 1 aromatic heterocycles. The minimum atomic E-state index is -0.383. The third kappa shape index (κ3) is 2.63. The molecule has 4 nitrogen and oxygen atoms in total. The summed E-state index contributed by atoms with van der Waals surface area (Å²) in [6.45, 7) is 1.76. The van der Waals surface area contributed by atoms with Gasteiger partial charge in [-0.05, 0) is 36.8 Å². The summed E-state index contributed by atoms with van der Waals surface area (Å²) in [5.41, 5.74) is 7.46. The van der Waals surface area contributed by atoms with E-state index in [9.17, 15) is 9.18 Å². The smallest absolute Gasteiger partial charge is 0.272 e. The lowest BCUT2D eigenvalue weighted by atomic mass is 10.2. The van der Waals surface area contributed by atoms with Gasteiger partial charge in [0.15, 0.2) is 0 Å². The van der Waals surface area contributed by atoms with Crippen molar-refractivity contribution in [1.29, 1.82) is 0 Å². The fraction of sp³-hybridized carbons (Fsp3) is 0.0833. The van der Waals surface area contributed by atoms with Crippen molar-refractivity contribution < 1.29 is 9.18 Å². The molecule has 88 valence electrons. The first-order valence-electron chi connectivity index (χ1n) is 5.07. The molecule has 0 bridgehead atoms. The quantitative estimate of drug-likeness (QED) is 0.744. The molecule has 0 atom stereocenters. The lowest BCUT2D eigenvalue weighted by Gasteiger charge is -2.05. The van der Waals surface area contributed by atoms with Crippen molar-refractivity contribution in [2.45, 2.75) is 6.92 Å². The highest BCUT2D eigenvalue weighted by molar-refractivity contribution is 6.03. The summed E-state index contributed by atoms with van der Waals surface area (Å²) in [7, 11) is 0. The van der Waals surface area contributed by atoms with Crippen LogP contribution in [0.3, 0.4) is 0 Å². The number of rotatable bonds is 2. The Kier molecular flexibility index (Phi) is 2.82. The summed E-state index contributed by atoms with van der Waals surface area (Å²) in [4.78, 5) is 14.5. The van der Waals surface area contributed by atoms with Crippen molar-refractivity contribution in [3.8, 4) is 0 Å². The molecule has 2 rings (SSSR count). The number of nitrogen functional groups attached to an aromatic ring is 1. The van der Waals surface area contributed by atoms with E-state index in [1.807, 2.05) is 0 Å². The van der Waals surface area contributed by atoms with Gasteiger partial charge >= 0.3 is 0 Å². The van der Waals surface area contributed by atoms with Gasteiger partial charge in [-0.25, -0.2) is 4.39 Å². The average molecular weight is 233 g/mol. The number of amides is 1. The maximum absolute atomic E-state index is 13.1. The highest BCUT2D eigenvalue weighted by Crippen LogP contribution is 2.14. The van der Waals surface area contributed by atoms with E-state index in [1.165, 1.54) is 24.4 Å². The van der Waals surface area contributed by atoms with Gasteiger partial charge in [0.1, 0.15) is 11.5 Å². The lowest BCUT2D eigenvalue weighted by Crippen LogP contribution is -2.12. The summed E-state index contributed by atoms with van der Waals surface area (Å²) < 4.78 is 13.1. The first-order chi connectivity index (χ1) is 8.04.